The number of carbonyl (C=O) groups is 2. The maximum absolute atomic E-state index is 12.2. The summed E-state index contributed by atoms with van der Waals surface area (Å²) in [5.41, 5.74) is 4.82. The van der Waals surface area contributed by atoms with Gasteiger partial charge in [0.1, 0.15) is 0 Å². The van der Waals surface area contributed by atoms with Gasteiger partial charge in [0, 0.05) is 31.9 Å². The molecule has 0 saturated heterocycles. The molecular formula is C21H29N5O2. The van der Waals surface area contributed by atoms with Gasteiger partial charge in [-0.3, -0.25) is 19.6 Å². The molecule has 0 radical (unpaired) electrons. The normalized spacial score (nSPS) is 14.5. The van der Waals surface area contributed by atoms with E-state index in [1.54, 1.807) is 0 Å². The molecule has 1 unspecified atom stereocenters. The smallest absolute Gasteiger partial charge is 0.234 e. The molecule has 1 aromatic carbocycles. The molecule has 0 fully saturated rings. The van der Waals surface area contributed by atoms with Crippen molar-refractivity contribution in [3.63, 3.8) is 0 Å². The summed E-state index contributed by atoms with van der Waals surface area (Å²) in [6, 6.07) is 8.26. The fourth-order valence-corrected chi connectivity index (χ4v) is 3.43. The van der Waals surface area contributed by atoms with Gasteiger partial charge in [0.15, 0.2) is 0 Å². The highest BCUT2D eigenvalue weighted by Crippen LogP contribution is 2.21. The lowest BCUT2D eigenvalue weighted by Gasteiger charge is -2.16. The van der Waals surface area contributed by atoms with Gasteiger partial charge in [-0.25, -0.2) is 0 Å². The number of H-pyrrole nitrogens is 1. The molecular weight excluding hydrogens is 354 g/mol. The molecule has 0 spiro atoms. The van der Waals surface area contributed by atoms with Gasteiger partial charge in [-0.1, -0.05) is 31.2 Å². The number of fused-ring (bicyclic) bond motifs is 1. The summed E-state index contributed by atoms with van der Waals surface area (Å²) in [6.45, 7) is 6.76. The van der Waals surface area contributed by atoms with Crippen molar-refractivity contribution in [2.75, 3.05) is 19.6 Å². The molecule has 3 rings (SSSR count). The highest BCUT2D eigenvalue weighted by atomic mass is 16.2. The van der Waals surface area contributed by atoms with E-state index in [1.807, 2.05) is 32.2 Å². The SMILES string of the molecule is Cc1[nH]ncc1CCCNC(=O)C(C)CNC(=O)CN1Cc2ccccc2C1. The minimum absolute atomic E-state index is 0.0298. The van der Waals surface area contributed by atoms with Crippen LogP contribution in [0.5, 0.6) is 0 Å². The molecule has 0 aliphatic carbocycles. The van der Waals surface area contributed by atoms with Crippen molar-refractivity contribution in [3.8, 4) is 0 Å². The molecule has 150 valence electrons. The van der Waals surface area contributed by atoms with E-state index in [1.165, 1.54) is 16.7 Å². The van der Waals surface area contributed by atoms with Crippen LogP contribution in [0.3, 0.4) is 0 Å². The molecule has 28 heavy (non-hydrogen) atoms. The zero-order valence-electron chi connectivity index (χ0n) is 16.6. The van der Waals surface area contributed by atoms with E-state index in [-0.39, 0.29) is 17.7 Å². The Morgan fingerprint density at radius 1 is 1.21 bits per heavy atom. The topological polar surface area (TPSA) is 90.1 Å². The molecule has 2 heterocycles. The molecule has 1 aromatic heterocycles. The fourth-order valence-electron chi connectivity index (χ4n) is 3.43. The zero-order chi connectivity index (χ0) is 19.9. The average Bonchev–Trinajstić information content (AvgIpc) is 3.28. The first kappa shape index (κ1) is 20.1. The number of rotatable bonds is 9. The van der Waals surface area contributed by atoms with Crippen LogP contribution in [0.1, 0.15) is 35.7 Å². The predicted octanol–water partition coefficient (Wildman–Crippen LogP) is 1.54. The first-order chi connectivity index (χ1) is 13.5. The number of hydrogen-bond donors (Lipinski definition) is 3. The standard InChI is InChI=1S/C21H29N5O2/c1-15(21(28)22-9-5-8-17-11-24-25-16(17)2)10-23-20(27)14-26-12-18-6-3-4-7-19(18)13-26/h3-4,6-7,11,15H,5,8-10,12-14H2,1-2H3,(H,22,28)(H,23,27)(H,24,25). The lowest BCUT2D eigenvalue weighted by Crippen LogP contribution is -2.41. The second-order valence-electron chi connectivity index (χ2n) is 7.53. The van der Waals surface area contributed by atoms with E-state index in [0.29, 0.717) is 19.6 Å². The largest absolute Gasteiger partial charge is 0.356 e. The maximum Gasteiger partial charge on any atom is 0.234 e. The van der Waals surface area contributed by atoms with E-state index in [0.717, 1.165) is 31.6 Å². The second kappa shape index (κ2) is 9.50. The van der Waals surface area contributed by atoms with Gasteiger partial charge in [0.05, 0.1) is 18.7 Å². The first-order valence-electron chi connectivity index (χ1n) is 9.85. The Hall–Kier alpha value is -2.67. The molecule has 7 heteroatoms. The Kier molecular flexibility index (Phi) is 6.81. The number of carbonyl (C=O) groups excluding carboxylic acids is 2. The van der Waals surface area contributed by atoms with Gasteiger partial charge in [0.25, 0.3) is 0 Å². The molecule has 2 amide bonds. The third-order valence-corrected chi connectivity index (χ3v) is 5.18. The molecule has 3 N–H and O–H groups in total. The third kappa shape index (κ3) is 5.42. The maximum atomic E-state index is 12.2. The summed E-state index contributed by atoms with van der Waals surface area (Å²) in [7, 11) is 0. The van der Waals surface area contributed by atoms with Crippen molar-refractivity contribution < 1.29 is 9.59 Å². The lowest BCUT2D eigenvalue weighted by atomic mass is 10.1. The highest BCUT2D eigenvalue weighted by Gasteiger charge is 2.21. The summed E-state index contributed by atoms with van der Waals surface area (Å²) in [5.74, 6) is -0.323. The summed E-state index contributed by atoms with van der Waals surface area (Å²) in [6.07, 6.45) is 3.57. The van der Waals surface area contributed by atoms with Crippen LogP contribution in [0.2, 0.25) is 0 Å². The van der Waals surface area contributed by atoms with Crippen molar-refractivity contribution in [2.45, 2.75) is 39.8 Å². The lowest BCUT2D eigenvalue weighted by molar-refractivity contribution is -0.125. The summed E-state index contributed by atoms with van der Waals surface area (Å²) >= 11 is 0. The highest BCUT2D eigenvalue weighted by molar-refractivity contribution is 5.81. The van der Waals surface area contributed by atoms with Crippen LogP contribution in [-0.2, 0) is 29.1 Å². The number of hydrogen-bond acceptors (Lipinski definition) is 4. The minimum atomic E-state index is -0.254. The minimum Gasteiger partial charge on any atom is -0.356 e. The van der Waals surface area contributed by atoms with E-state index >= 15 is 0 Å². The fraction of sp³-hybridized carbons (Fsp3) is 0.476. The number of nitrogens with one attached hydrogen (secondary N) is 3. The molecule has 7 nitrogen and oxygen atoms in total. The van der Waals surface area contributed by atoms with Crippen molar-refractivity contribution in [1.29, 1.82) is 0 Å². The van der Waals surface area contributed by atoms with Gasteiger partial charge >= 0.3 is 0 Å². The number of aryl methyl sites for hydroxylation is 2. The number of benzene rings is 1. The Labute approximate surface area is 165 Å². The summed E-state index contributed by atoms with van der Waals surface area (Å²) in [4.78, 5) is 26.5. The van der Waals surface area contributed by atoms with Crippen molar-refractivity contribution >= 4 is 11.8 Å². The van der Waals surface area contributed by atoms with Crippen LogP contribution in [0.25, 0.3) is 0 Å². The van der Waals surface area contributed by atoms with Gasteiger partial charge in [-0.15, -0.1) is 0 Å². The van der Waals surface area contributed by atoms with Gasteiger partial charge in [-0.2, -0.15) is 5.10 Å². The van der Waals surface area contributed by atoms with Crippen LogP contribution in [0, 0.1) is 12.8 Å². The van der Waals surface area contributed by atoms with E-state index in [9.17, 15) is 9.59 Å². The first-order valence-corrected chi connectivity index (χ1v) is 9.85. The second-order valence-corrected chi connectivity index (χ2v) is 7.53. The van der Waals surface area contributed by atoms with Crippen LogP contribution in [0.15, 0.2) is 30.5 Å². The van der Waals surface area contributed by atoms with E-state index in [4.69, 9.17) is 0 Å². The number of aromatic nitrogens is 2. The molecule has 1 aliphatic rings. The quantitative estimate of drug-likeness (QED) is 0.573. The Morgan fingerprint density at radius 2 is 1.93 bits per heavy atom. The Bertz CT molecular complexity index is 792. The molecule has 1 atom stereocenters. The van der Waals surface area contributed by atoms with Crippen molar-refractivity contribution in [1.82, 2.24) is 25.7 Å². The average molecular weight is 383 g/mol. The molecule has 0 bridgehead atoms. The number of amides is 2. The van der Waals surface area contributed by atoms with Crippen LogP contribution in [0.4, 0.5) is 0 Å². The third-order valence-electron chi connectivity index (χ3n) is 5.18. The Balaban J connectivity index is 1.30. The van der Waals surface area contributed by atoms with Crippen molar-refractivity contribution in [3.05, 3.63) is 52.8 Å². The van der Waals surface area contributed by atoms with Gasteiger partial charge < -0.3 is 10.6 Å². The number of aromatic amines is 1. The monoisotopic (exact) mass is 383 g/mol. The van der Waals surface area contributed by atoms with Crippen LogP contribution in [-0.4, -0.2) is 46.5 Å². The number of nitrogens with zero attached hydrogens (tertiary/aromatic N) is 2. The zero-order valence-corrected chi connectivity index (χ0v) is 16.6. The molecule has 1 aliphatic heterocycles. The predicted molar refractivity (Wildman–Crippen MR) is 107 cm³/mol. The summed E-state index contributed by atoms with van der Waals surface area (Å²) in [5, 5.41) is 12.7. The molecule has 0 saturated carbocycles. The summed E-state index contributed by atoms with van der Waals surface area (Å²) < 4.78 is 0. The van der Waals surface area contributed by atoms with Crippen molar-refractivity contribution in [2.24, 2.45) is 5.92 Å². The van der Waals surface area contributed by atoms with Crippen LogP contribution >= 0.6 is 0 Å². The van der Waals surface area contributed by atoms with E-state index < -0.39 is 0 Å². The van der Waals surface area contributed by atoms with Gasteiger partial charge in [0.2, 0.25) is 11.8 Å². The van der Waals surface area contributed by atoms with Crippen LogP contribution < -0.4 is 10.6 Å². The van der Waals surface area contributed by atoms with E-state index in [2.05, 4.69) is 37.9 Å². The molecule has 2 aromatic rings. The Morgan fingerprint density at radius 3 is 2.57 bits per heavy atom. The van der Waals surface area contributed by atoms with Gasteiger partial charge in [-0.05, 0) is 36.5 Å².